The molecule has 0 saturated carbocycles. The maximum absolute atomic E-state index is 10.7. The molecule has 2 rings (SSSR count). The zero-order chi connectivity index (χ0) is 12.3. The molecule has 0 saturated heterocycles. The molecule has 0 atom stereocenters. The second-order valence-corrected chi connectivity index (χ2v) is 4.36. The summed E-state index contributed by atoms with van der Waals surface area (Å²) in [6, 6.07) is 7.41. The van der Waals surface area contributed by atoms with Gasteiger partial charge >= 0.3 is 5.97 Å². The van der Waals surface area contributed by atoms with Gasteiger partial charge in [-0.3, -0.25) is 4.79 Å². The highest BCUT2D eigenvalue weighted by atomic mass is 32.1. The predicted molar refractivity (Wildman–Crippen MR) is 65.4 cm³/mol. The second-order valence-electron chi connectivity index (χ2n) is 3.42. The summed E-state index contributed by atoms with van der Waals surface area (Å²) in [5, 5.41) is 8.80. The second kappa shape index (κ2) is 4.97. The van der Waals surface area contributed by atoms with E-state index in [1.165, 1.54) is 11.3 Å². The van der Waals surface area contributed by atoms with Crippen molar-refractivity contribution in [1.82, 2.24) is 4.98 Å². The van der Waals surface area contributed by atoms with Gasteiger partial charge in [-0.1, -0.05) is 0 Å². The molecule has 2 aromatic rings. The molecule has 0 aliphatic rings. The Labute approximate surface area is 103 Å². The number of aliphatic carboxylic acids is 1. The van der Waals surface area contributed by atoms with Gasteiger partial charge in [0, 0.05) is 10.4 Å². The molecule has 0 aliphatic carbocycles. The zero-order valence-corrected chi connectivity index (χ0v) is 10.0. The Balaban J connectivity index is 2.32. The highest BCUT2D eigenvalue weighted by Gasteiger charge is 2.11. The average molecular weight is 249 g/mol. The fourth-order valence-electron chi connectivity index (χ4n) is 1.52. The maximum atomic E-state index is 10.7. The molecule has 0 unspecified atom stereocenters. The summed E-state index contributed by atoms with van der Waals surface area (Å²) < 4.78 is 5.07. The van der Waals surface area contributed by atoms with Gasteiger partial charge in [-0.15, -0.1) is 11.3 Å². The third-order valence-corrected chi connectivity index (χ3v) is 3.15. The van der Waals surface area contributed by atoms with Gasteiger partial charge in [-0.25, -0.2) is 4.98 Å². The lowest BCUT2D eigenvalue weighted by atomic mass is 10.1. The molecular formula is C12H11NO3S. The van der Waals surface area contributed by atoms with Crippen molar-refractivity contribution in [2.75, 3.05) is 7.11 Å². The first-order valence-corrected chi connectivity index (χ1v) is 5.87. The lowest BCUT2D eigenvalue weighted by Crippen LogP contribution is -1.99. The highest BCUT2D eigenvalue weighted by molar-refractivity contribution is 7.10. The Morgan fingerprint density at radius 1 is 1.41 bits per heavy atom. The molecule has 1 heterocycles. The lowest BCUT2D eigenvalue weighted by molar-refractivity contribution is -0.136. The van der Waals surface area contributed by atoms with Gasteiger partial charge in [-0.2, -0.15) is 0 Å². The normalized spacial score (nSPS) is 10.2. The monoisotopic (exact) mass is 249 g/mol. The van der Waals surface area contributed by atoms with Crippen molar-refractivity contribution in [2.24, 2.45) is 0 Å². The number of ether oxygens (including phenoxy) is 1. The molecule has 0 amide bonds. The van der Waals surface area contributed by atoms with Crippen LogP contribution in [0.2, 0.25) is 0 Å². The molecule has 1 aromatic carbocycles. The van der Waals surface area contributed by atoms with Crippen LogP contribution in [0, 0.1) is 0 Å². The molecule has 1 N–H and O–H groups in total. The van der Waals surface area contributed by atoms with Crippen LogP contribution in [0.25, 0.3) is 11.3 Å². The minimum atomic E-state index is -0.844. The number of methoxy groups -OCH3 is 1. The molecule has 88 valence electrons. The molecule has 17 heavy (non-hydrogen) atoms. The fraction of sp³-hybridized carbons (Fsp3) is 0.167. The molecule has 0 bridgehead atoms. The van der Waals surface area contributed by atoms with Gasteiger partial charge in [-0.05, 0) is 24.3 Å². The van der Waals surface area contributed by atoms with Crippen molar-refractivity contribution in [2.45, 2.75) is 6.42 Å². The van der Waals surface area contributed by atoms with Gasteiger partial charge < -0.3 is 9.84 Å². The van der Waals surface area contributed by atoms with Crippen molar-refractivity contribution in [3.63, 3.8) is 0 Å². The summed E-state index contributed by atoms with van der Waals surface area (Å²) in [6.07, 6.45) is 0.00598. The summed E-state index contributed by atoms with van der Waals surface area (Å²) >= 11 is 1.36. The SMILES string of the molecule is COc1ccc(-c2ncsc2CC(=O)O)cc1. The number of carbonyl (C=O) groups is 1. The van der Waals surface area contributed by atoms with E-state index in [2.05, 4.69) is 4.98 Å². The molecular weight excluding hydrogens is 238 g/mol. The van der Waals surface area contributed by atoms with Crippen LogP contribution in [-0.2, 0) is 11.2 Å². The zero-order valence-electron chi connectivity index (χ0n) is 9.21. The summed E-state index contributed by atoms with van der Waals surface area (Å²) in [5.74, 6) is -0.0761. The number of hydrogen-bond acceptors (Lipinski definition) is 4. The summed E-state index contributed by atoms with van der Waals surface area (Å²) in [7, 11) is 1.60. The lowest BCUT2D eigenvalue weighted by Gasteiger charge is -2.02. The first-order valence-electron chi connectivity index (χ1n) is 4.99. The maximum Gasteiger partial charge on any atom is 0.308 e. The van der Waals surface area contributed by atoms with Crippen molar-refractivity contribution in [1.29, 1.82) is 0 Å². The number of benzene rings is 1. The number of hydrogen-bond donors (Lipinski definition) is 1. The van der Waals surface area contributed by atoms with Crippen LogP contribution >= 0.6 is 11.3 Å². The van der Waals surface area contributed by atoms with Gasteiger partial charge in [0.15, 0.2) is 0 Å². The Kier molecular flexibility index (Phi) is 3.39. The van der Waals surface area contributed by atoms with E-state index in [0.29, 0.717) is 0 Å². The summed E-state index contributed by atoms with van der Waals surface area (Å²) in [5.41, 5.74) is 3.31. The quantitative estimate of drug-likeness (QED) is 0.904. The standard InChI is InChI=1S/C12H11NO3S/c1-16-9-4-2-8(3-5-9)12-10(6-11(14)15)17-7-13-12/h2-5,7H,6H2,1H3,(H,14,15). The van der Waals surface area contributed by atoms with E-state index in [-0.39, 0.29) is 6.42 Å². The van der Waals surface area contributed by atoms with Gasteiger partial charge in [0.05, 0.1) is 24.7 Å². The fourth-order valence-corrected chi connectivity index (χ4v) is 2.29. The summed E-state index contributed by atoms with van der Waals surface area (Å²) in [6.45, 7) is 0. The third-order valence-electron chi connectivity index (χ3n) is 2.32. The van der Waals surface area contributed by atoms with Crippen molar-refractivity contribution in [3.8, 4) is 17.0 Å². The van der Waals surface area contributed by atoms with Gasteiger partial charge in [0.2, 0.25) is 0 Å². The Morgan fingerprint density at radius 3 is 2.71 bits per heavy atom. The number of carboxylic acids is 1. The van der Waals surface area contributed by atoms with E-state index in [4.69, 9.17) is 9.84 Å². The van der Waals surface area contributed by atoms with Crippen LogP contribution in [0.1, 0.15) is 4.88 Å². The molecule has 1 aromatic heterocycles. The minimum absolute atomic E-state index is 0.00598. The van der Waals surface area contributed by atoms with Gasteiger partial charge in [0.25, 0.3) is 0 Å². The van der Waals surface area contributed by atoms with Crippen molar-refractivity contribution >= 4 is 17.3 Å². The van der Waals surface area contributed by atoms with Crippen LogP contribution < -0.4 is 4.74 Å². The van der Waals surface area contributed by atoms with Crippen molar-refractivity contribution in [3.05, 3.63) is 34.7 Å². The van der Waals surface area contributed by atoms with Crippen molar-refractivity contribution < 1.29 is 14.6 Å². The number of nitrogens with zero attached hydrogens (tertiary/aromatic N) is 1. The van der Waals surface area contributed by atoms with Crippen LogP contribution in [0.3, 0.4) is 0 Å². The van der Waals surface area contributed by atoms with Crippen LogP contribution in [0.5, 0.6) is 5.75 Å². The number of rotatable bonds is 4. The van der Waals surface area contributed by atoms with Gasteiger partial charge in [0.1, 0.15) is 5.75 Å². The highest BCUT2D eigenvalue weighted by Crippen LogP contribution is 2.27. The molecule has 0 fully saturated rings. The predicted octanol–water partition coefficient (Wildman–Crippen LogP) is 2.45. The van der Waals surface area contributed by atoms with E-state index >= 15 is 0 Å². The largest absolute Gasteiger partial charge is 0.497 e. The summed E-state index contributed by atoms with van der Waals surface area (Å²) in [4.78, 5) is 15.7. The molecule has 4 nitrogen and oxygen atoms in total. The average Bonchev–Trinajstić information content (AvgIpc) is 2.76. The molecule has 0 spiro atoms. The Bertz CT molecular complexity index is 519. The van der Waals surface area contributed by atoms with Crippen LogP contribution in [0.15, 0.2) is 29.8 Å². The first-order chi connectivity index (χ1) is 8.20. The van der Waals surface area contributed by atoms with Crippen LogP contribution in [-0.4, -0.2) is 23.2 Å². The minimum Gasteiger partial charge on any atom is -0.497 e. The smallest absolute Gasteiger partial charge is 0.308 e. The van der Waals surface area contributed by atoms with Crippen LogP contribution in [0.4, 0.5) is 0 Å². The molecule has 0 radical (unpaired) electrons. The number of thiazole rings is 1. The first kappa shape index (κ1) is 11.6. The van der Waals surface area contributed by atoms with E-state index in [1.54, 1.807) is 12.6 Å². The van der Waals surface area contributed by atoms with E-state index < -0.39 is 5.97 Å². The van der Waals surface area contributed by atoms with E-state index in [0.717, 1.165) is 21.9 Å². The van der Waals surface area contributed by atoms with E-state index in [9.17, 15) is 4.79 Å². The Morgan fingerprint density at radius 2 is 2.12 bits per heavy atom. The number of aromatic nitrogens is 1. The topological polar surface area (TPSA) is 59.4 Å². The molecule has 5 heteroatoms. The molecule has 0 aliphatic heterocycles. The Hall–Kier alpha value is -1.88. The van der Waals surface area contributed by atoms with E-state index in [1.807, 2.05) is 24.3 Å². The number of carboxylic acid groups (broad SMARTS) is 1. The third kappa shape index (κ3) is 2.62.